The van der Waals surface area contributed by atoms with Crippen molar-refractivity contribution in [3.05, 3.63) is 18.5 Å². The lowest BCUT2D eigenvalue weighted by Gasteiger charge is -2.31. The van der Waals surface area contributed by atoms with Crippen molar-refractivity contribution in [1.82, 2.24) is 9.29 Å². The molecule has 2 heterocycles. The molecule has 0 saturated carbocycles. The van der Waals surface area contributed by atoms with Gasteiger partial charge in [0.25, 0.3) is 0 Å². The van der Waals surface area contributed by atoms with Gasteiger partial charge in [0.1, 0.15) is 4.90 Å². The second-order valence-electron chi connectivity index (χ2n) is 4.77. The number of ether oxygens (including phenoxy) is 1. The van der Waals surface area contributed by atoms with Crippen LogP contribution in [-0.2, 0) is 14.8 Å². The zero-order chi connectivity index (χ0) is 14.6. The summed E-state index contributed by atoms with van der Waals surface area (Å²) in [6, 6.07) is 1.69. The van der Waals surface area contributed by atoms with Crippen LogP contribution in [0.5, 0.6) is 0 Å². The fraction of sp³-hybridized carbons (Fsp3) is 0.615. The van der Waals surface area contributed by atoms with Crippen molar-refractivity contribution < 1.29 is 13.2 Å². The van der Waals surface area contributed by atoms with E-state index in [0.717, 1.165) is 12.8 Å². The molecule has 1 aromatic rings. The smallest absolute Gasteiger partial charge is 0.246 e. The van der Waals surface area contributed by atoms with E-state index in [-0.39, 0.29) is 11.0 Å². The molecule has 1 aromatic heterocycles. The van der Waals surface area contributed by atoms with Crippen molar-refractivity contribution in [3.63, 3.8) is 0 Å². The van der Waals surface area contributed by atoms with Gasteiger partial charge in [-0.05, 0) is 25.8 Å². The van der Waals surface area contributed by atoms with Crippen molar-refractivity contribution in [2.45, 2.75) is 30.8 Å². The molecule has 0 radical (unpaired) electrons. The molecule has 2 rings (SSSR count). The predicted octanol–water partition coefficient (Wildman–Crippen LogP) is 1.31. The molecule has 1 unspecified atom stereocenters. The summed E-state index contributed by atoms with van der Waals surface area (Å²) in [5.74, 6) is 0. The Morgan fingerprint density at radius 3 is 3.05 bits per heavy atom. The Kier molecular flexibility index (Phi) is 4.95. The third kappa shape index (κ3) is 3.11. The Labute approximate surface area is 120 Å². The first-order valence-electron chi connectivity index (χ1n) is 6.80. The van der Waals surface area contributed by atoms with Gasteiger partial charge in [0.05, 0.1) is 11.8 Å². The van der Waals surface area contributed by atoms with E-state index < -0.39 is 10.0 Å². The molecule has 1 fully saturated rings. The Morgan fingerprint density at radius 1 is 1.55 bits per heavy atom. The van der Waals surface area contributed by atoms with E-state index in [9.17, 15) is 8.42 Å². The fourth-order valence-corrected chi connectivity index (χ4v) is 4.00. The third-order valence-corrected chi connectivity index (χ3v) is 5.34. The normalized spacial score (nSPS) is 20.8. The van der Waals surface area contributed by atoms with Gasteiger partial charge in [-0.2, -0.15) is 4.31 Å². The molecule has 0 aliphatic carbocycles. The number of aromatic nitrogens is 1. The Bertz CT molecular complexity index is 548. The number of sulfonamides is 1. The van der Waals surface area contributed by atoms with Crippen LogP contribution >= 0.6 is 0 Å². The molecule has 0 bridgehead atoms. The van der Waals surface area contributed by atoms with Gasteiger partial charge < -0.3 is 10.1 Å². The van der Waals surface area contributed by atoms with E-state index in [1.54, 1.807) is 19.4 Å². The SMILES string of the molecule is CCNc1ccncc1S(=O)(=O)N1CCCC(OC)C1. The van der Waals surface area contributed by atoms with E-state index in [4.69, 9.17) is 4.74 Å². The second kappa shape index (κ2) is 6.51. The number of hydrogen-bond donors (Lipinski definition) is 1. The maximum atomic E-state index is 12.7. The highest BCUT2D eigenvalue weighted by molar-refractivity contribution is 7.89. The first-order chi connectivity index (χ1) is 9.59. The zero-order valence-electron chi connectivity index (χ0n) is 11.9. The highest BCUT2D eigenvalue weighted by Crippen LogP contribution is 2.26. The minimum Gasteiger partial charge on any atom is -0.384 e. The van der Waals surface area contributed by atoms with Gasteiger partial charge in [0.15, 0.2) is 0 Å². The van der Waals surface area contributed by atoms with E-state index >= 15 is 0 Å². The van der Waals surface area contributed by atoms with Gasteiger partial charge in [-0.15, -0.1) is 0 Å². The Hall–Kier alpha value is -1.18. The van der Waals surface area contributed by atoms with Gasteiger partial charge in [-0.1, -0.05) is 0 Å². The number of rotatable bonds is 5. The number of anilines is 1. The van der Waals surface area contributed by atoms with Crippen LogP contribution in [0.1, 0.15) is 19.8 Å². The molecule has 1 aliphatic rings. The number of nitrogens with zero attached hydrogens (tertiary/aromatic N) is 2. The molecule has 0 amide bonds. The molecule has 0 spiro atoms. The molecule has 6 nitrogen and oxygen atoms in total. The quantitative estimate of drug-likeness (QED) is 0.887. The lowest BCUT2D eigenvalue weighted by Crippen LogP contribution is -2.43. The Balaban J connectivity index is 2.30. The highest BCUT2D eigenvalue weighted by Gasteiger charge is 2.31. The topological polar surface area (TPSA) is 71.5 Å². The molecule has 0 aromatic carbocycles. The average Bonchev–Trinajstić information content (AvgIpc) is 2.48. The van der Waals surface area contributed by atoms with Crippen LogP contribution in [-0.4, -0.2) is 50.6 Å². The summed E-state index contributed by atoms with van der Waals surface area (Å²) in [5.41, 5.74) is 0.599. The number of nitrogens with one attached hydrogen (secondary N) is 1. The van der Waals surface area contributed by atoms with Gasteiger partial charge in [0.2, 0.25) is 10.0 Å². The summed E-state index contributed by atoms with van der Waals surface area (Å²) in [6.07, 6.45) is 4.68. The maximum Gasteiger partial charge on any atom is 0.246 e. The van der Waals surface area contributed by atoms with Crippen LogP contribution in [0.15, 0.2) is 23.4 Å². The van der Waals surface area contributed by atoms with Crippen molar-refractivity contribution in [3.8, 4) is 0 Å². The van der Waals surface area contributed by atoms with Gasteiger partial charge >= 0.3 is 0 Å². The first-order valence-corrected chi connectivity index (χ1v) is 8.24. The molecule has 112 valence electrons. The molecule has 7 heteroatoms. The van der Waals surface area contributed by atoms with Crippen LogP contribution in [0.4, 0.5) is 5.69 Å². The summed E-state index contributed by atoms with van der Waals surface area (Å²) in [5, 5.41) is 3.07. The van der Waals surface area contributed by atoms with E-state index in [2.05, 4.69) is 10.3 Å². The maximum absolute atomic E-state index is 12.7. The molecular weight excluding hydrogens is 278 g/mol. The summed E-state index contributed by atoms with van der Waals surface area (Å²) in [7, 11) is -1.91. The van der Waals surface area contributed by atoms with E-state index in [1.807, 2.05) is 6.92 Å². The van der Waals surface area contributed by atoms with Crippen LogP contribution in [0, 0.1) is 0 Å². The molecule has 20 heavy (non-hydrogen) atoms. The van der Waals surface area contributed by atoms with Crippen molar-refractivity contribution >= 4 is 15.7 Å². The lowest BCUT2D eigenvalue weighted by atomic mass is 10.1. The minimum absolute atomic E-state index is 0.0298. The summed E-state index contributed by atoms with van der Waals surface area (Å²) < 4.78 is 32.3. The molecule has 1 saturated heterocycles. The van der Waals surface area contributed by atoms with E-state index in [1.165, 1.54) is 10.5 Å². The highest BCUT2D eigenvalue weighted by atomic mass is 32.2. The zero-order valence-corrected chi connectivity index (χ0v) is 12.7. The summed E-state index contributed by atoms with van der Waals surface area (Å²) >= 11 is 0. The monoisotopic (exact) mass is 299 g/mol. The van der Waals surface area contributed by atoms with Gasteiger partial charge in [-0.25, -0.2) is 8.42 Å². The fourth-order valence-electron chi connectivity index (χ4n) is 2.38. The van der Waals surface area contributed by atoms with Crippen molar-refractivity contribution in [2.75, 3.05) is 32.1 Å². The lowest BCUT2D eigenvalue weighted by molar-refractivity contribution is 0.0572. The largest absolute Gasteiger partial charge is 0.384 e. The molecular formula is C13H21N3O3S. The summed E-state index contributed by atoms with van der Waals surface area (Å²) in [4.78, 5) is 4.19. The Morgan fingerprint density at radius 2 is 2.35 bits per heavy atom. The molecule has 1 N–H and O–H groups in total. The number of hydrogen-bond acceptors (Lipinski definition) is 5. The van der Waals surface area contributed by atoms with Crippen LogP contribution < -0.4 is 5.32 Å². The third-order valence-electron chi connectivity index (χ3n) is 3.44. The predicted molar refractivity (Wildman–Crippen MR) is 77.2 cm³/mol. The first kappa shape index (κ1) is 15.2. The molecule has 1 atom stereocenters. The van der Waals surface area contributed by atoms with Crippen LogP contribution in [0.2, 0.25) is 0 Å². The number of pyridine rings is 1. The number of piperidine rings is 1. The van der Waals surface area contributed by atoms with E-state index in [0.29, 0.717) is 25.3 Å². The second-order valence-corrected chi connectivity index (χ2v) is 6.67. The van der Waals surface area contributed by atoms with Crippen molar-refractivity contribution in [2.24, 2.45) is 0 Å². The summed E-state index contributed by atoms with van der Waals surface area (Å²) in [6.45, 7) is 3.52. The van der Waals surface area contributed by atoms with Crippen LogP contribution in [0.25, 0.3) is 0 Å². The van der Waals surface area contributed by atoms with Gasteiger partial charge in [-0.3, -0.25) is 4.98 Å². The minimum atomic E-state index is -3.53. The molecule has 1 aliphatic heterocycles. The number of methoxy groups -OCH3 is 1. The van der Waals surface area contributed by atoms with Crippen LogP contribution in [0.3, 0.4) is 0 Å². The average molecular weight is 299 g/mol. The standard InChI is InChI=1S/C13H21N3O3S/c1-3-15-12-6-7-14-9-13(12)20(17,18)16-8-4-5-11(10-16)19-2/h6-7,9,11H,3-5,8,10H2,1-2H3,(H,14,15). The van der Waals surface area contributed by atoms with Gasteiger partial charge in [0, 0.05) is 39.1 Å². The van der Waals surface area contributed by atoms with Crippen molar-refractivity contribution in [1.29, 1.82) is 0 Å².